The van der Waals surface area contributed by atoms with Crippen molar-refractivity contribution in [3.63, 3.8) is 0 Å². The number of fused-ring (bicyclic) bond motifs is 1. The van der Waals surface area contributed by atoms with Gasteiger partial charge in [-0.3, -0.25) is 4.57 Å². The van der Waals surface area contributed by atoms with Gasteiger partial charge < -0.3 is 23.8 Å². The lowest BCUT2D eigenvalue weighted by Crippen LogP contribution is -2.41. The van der Waals surface area contributed by atoms with Crippen molar-refractivity contribution in [2.75, 3.05) is 25.7 Å². The number of pyridine rings is 1. The monoisotopic (exact) mass is 517 g/mol. The Hall–Kier alpha value is -2.83. The fraction of sp³-hybridized carbons (Fsp3) is 0.500. The number of sulfone groups is 1. The van der Waals surface area contributed by atoms with Gasteiger partial charge >= 0.3 is 12.8 Å². The molecule has 12 heteroatoms. The normalized spacial score (nSPS) is 17.9. The van der Waals surface area contributed by atoms with Gasteiger partial charge in [-0.1, -0.05) is 6.07 Å². The maximum absolute atomic E-state index is 13.2. The number of benzene rings is 1. The van der Waals surface area contributed by atoms with Crippen molar-refractivity contribution < 1.29 is 27.2 Å². The smallest absolute Gasteiger partial charge is 0.493 e. The molecule has 0 aliphatic carbocycles. The van der Waals surface area contributed by atoms with Crippen LogP contribution in [0, 0.1) is 0 Å². The molecule has 4 rings (SSSR count). The highest BCUT2D eigenvalue weighted by Crippen LogP contribution is 2.37. The Labute approximate surface area is 211 Å². The van der Waals surface area contributed by atoms with Crippen LogP contribution in [0.1, 0.15) is 46.2 Å². The van der Waals surface area contributed by atoms with Crippen LogP contribution in [-0.2, 0) is 19.1 Å². The second-order valence-corrected chi connectivity index (χ2v) is 12.2. The first-order valence-electron chi connectivity index (χ1n) is 11.7. The molecule has 1 fully saturated rings. The molecule has 3 aromatic rings. The van der Waals surface area contributed by atoms with Gasteiger partial charge in [0.05, 0.1) is 42.2 Å². The molecule has 36 heavy (non-hydrogen) atoms. The molecule has 0 saturated carbocycles. The largest absolute Gasteiger partial charge is 0.496 e. The molecule has 10 nitrogen and oxygen atoms in total. The lowest BCUT2D eigenvalue weighted by molar-refractivity contribution is 0.00578. The van der Waals surface area contributed by atoms with Crippen molar-refractivity contribution in [1.82, 2.24) is 14.5 Å². The number of nitrogens with zero attached hydrogens (tertiary/aromatic N) is 2. The van der Waals surface area contributed by atoms with Crippen LogP contribution in [0.2, 0.25) is 0 Å². The van der Waals surface area contributed by atoms with Gasteiger partial charge in [0, 0.05) is 17.9 Å². The highest BCUT2D eigenvalue weighted by atomic mass is 32.2. The topological polar surface area (TPSA) is 122 Å². The molecule has 0 spiro atoms. The molecule has 0 amide bonds. The Morgan fingerprint density at radius 2 is 1.81 bits per heavy atom. The van der Waals surface area contributed by atoms with Gasteiger partial charge in [0.15, 0.2) is 17.1 Å². The van der Waals surface area contributed by atoms with Crippen LogP contribution in [-0.4, -0.2) is 67.0 Å². The van der Waals surface area contributed by atoms with Gasteiger partial charge in [-0.2, -0.15) is 0 Å². The van der Waals surface area contributed by atoms with E-state index in [0.29, 0.717) is 40.3 Å². The van der Waals surface area contributed by atoms with Crippen LogP contribution >= 0.6 is 0 Å². The predicted molar refractivity (Wildman–Crippen MR) is 138 cm³/mol. The standard InChI is InChI=1S/C24H32BN3O7S/c1-8-33-20-11-15(9-10-19(20)32-6)18(14-36(7,30)31)28-21-17(27-22(28)29)12-16(13-26-21)25-34-23(2,3)24(4,5)35-25/h9-13,18H,8,14H2,1-7H3,(H,27,29)/t18-/m1/s1. The van der Waals surface area contributed by atoms with Crippen LogP contribution in [0.3, 0.4) is 0 Å². The molecular weight excluding hydrogens is 485 g/mol. The summed E-state index contributed by atoms with van der Waals surface area (Å²) in [5, 5.41) is 0. The third-order valence-corrected chi connectivity index (χ3v) is 7.67. The van der Waals surface area contributed by atoms with Gasteiger partial charge in [0.25, 0.3) is 0 Å². The van der Waals surface area contributed by atoms with E-state index in [1.165, 1.54) is 11.7 Å². The second-order valence-electron chi connectivity index (χ2n) is 9.98. The fourth-order valence-electron chi connectivity index (χ4n) is 4.20. The molecule has 0 bridgehead atoms. The van der Waals surface area contributed by atoms with Gasteiger partial charge in [-0.25, -0.2) is 18.2 Å². The van der Waals surface area contributed by atoms with Crippen LogP contribution in [0.4, 0.5) is 0 Å². The zero-order valence-electron chi connectivity index (χ0n) is 21.6. The Morgan fingerprint density at radius 3 is 2.39 bits per heavy atom. The molecule has 2 aromatic heterocycles. The van der Waals surface area contributed by atoms with Crippen molar-refractivity contribution in [3.05, 3.63) is 46.5 Å². The van der Waals surface area contributed by atoms with Crippen LogP contribution in [0.25, 0.3) is 11.2 Å². The fourth-order valence-corrected chi connectivity index (χ4v) is 5.12. The number of imidazole rings is 1. The number of hydrogen-bond acceptors (Lipinski definition) is 8. The molecule has 1 saturated heterocycles. The van der Waals surface area contributed by atoms with E-state index in [2.05, 4.69) is 9.97 Å². The third kappa shape index (κ3) is 4.89. The SMILES string of the molecule is CCOc1cc([C@@H](CS(C)(=O)=O)n2c(=O)[nH]c3cc(B4OC(C)(C)C(C)(C)O4)cnc32)ccc1OC. The van der Waals surface area contributed by atoms with Crippen molar-refractivity contribution >= 4 is 33.6 Å². The van der Waals surface area contributed by atoms with Gasteiger partial charge in [-0.15, -0.1) is 0 Å². The number of methoxy groups -OCH3 is 1. The third-order valence-electron chi connectivity index (χ3n) is 6.75. The number of aromatic amines is 1. The molecular formula is C24H32BN3O7S. The first-order valence-corrected chi connectivity index (χ1v) is 13.8. The minimum Gasteiger partial charge on any atom is -0.493 e. The number of rotatable bonds is 8. The summed E-state index contributed by atoms with van der Waals surface area (Å²) in [5.41, 5.74) is 0.456. The van der Waals surface area contributed by atoms with Crippen LogP contribution in [0.5, 0.6) is 11.5 Å². The highest BCUT2D eigenvalue weighted by Gasteiger charge is 2.52. The van der Waals surface area contributed by atoms with Crippen molar-refractivity contribution in [3.8, 4) is 11.5 Å². The quantitative estimate of drug-likeness (QED) is 0.451. The number of H-pyrrole nitrogens is 1. The Balaban J connectivity index is 1.81. The summed E-state index contributed by atoms with van der Waals surface area (Å²) in [6.45, 7) is 10.1. The molecule has 1 aliphatic rings. The first kappa shape index (κ1) is 26.2. The summed E-state index contributed by atoms with van der Waals surface area (Å²) in [5.74, 6) is 0.661. The molecule has 3 heterocycles. The minimum absolute atomic E-state index is 0.307. The number of ether oxygens (including phenoxy) is 2. The summed E-state index contributed by atoms with van der Waals surface area (Å²) in [6.07, 6.45) is 2.72. The number of nitrogens with one attached hydrogen (secondary N) is 1. The Morgan fingerprint density at radius 1 is 1.14 bits per heavy atom. The molecule has 1 aromatic carbocycles. The maximum Gasteiger partial charge on any atom is 0.496 e. The second kappa shape index (κ2) is 9.24. The predicted octanol–water partition coefficient (Wildman–Crippen LogP) is 2.07. The van der Waals surface area contributed by atoms with E-state index in [-0.39, 0.29) is 5.75 Å². The lowest BCUT2D eigenvalue weighted by Gasteiger charge is -2.32. The van der Waals surface area contributed by atoms with E-state index >= 15 is 0 Å². The average Bonchev–Trinajstić information content (AvgIpc) is 3.22. The number of hydrogen-bond donors (Lipinski definition) is 1. The van der Waals surface area contributed by atoms with Gasteiger partial charge in [-0.05, 0) is 58.4 Å². The molecule has 0 radical (unpaired) electrons. The molecule has 1 aliphatic heterocycles. The molecule has 1 N–H and O–H groups in total. The van der Waals surface area contributed by atoms with Gasteiger partial charge in [0.2, 0.25) is 0 Å². The van der Waals surface area contributed by atoms with Crippen molar-refractivity contribution in [1.29, 1.82) is 0 Å². The van der Waals surface area contributed by atoms with E-state index in [4.69, 9.17) is 18.8 Å². The summed E-state index contributed by atoms with van der Waals surface area (Å²) >= 11 is 0. The summed E-state index contributed by atoms with van der Waals surface area (Å²) < 4.78 is 49.4. The first-order chi connectivity index (χ1) is 16.8. The van der Waals surface area contributed by atoms with Crippen molar-refractivity contribution in [2.45, 2.75) is 51.9 Å². The molecule has 194 valence electrons. The summed E-state index contributed by atoms with van der Waals surface area (Å²) in [4.78, 5) is 20.5. The van der Waals surface area contributed by atoms with E-state index in [1.54, 1.807) is 30.5 Å². The van der Waals surface area contributed by atoms with Crippen LogP contribution < -0.4 is 20.6 Å². The molecule has 1 atom stereocenters. The summed E-state index contributed by atoms with van der Waals surface area (Å²) in [7, 11) is -2.61. The number of aromatic nitrogens is 3. The van der Waals surface area contributed by atoms with Gasteiger partial charge in [0.1, 0.15) is 9.84 Å². The Bertz CT molecular complexity index is 1430. The summed E-state index contributed by atoms with van der Waals surface area (Å²) in [6, 6.07) is 6.02. The van der Waals surface area contributed by atoms with E-state index in [0.717, 1.165) is 6.26 Å². The minimum atomic E-state index is -3.48. The van der Waals surface area contributed by atoms with Crippen molar-refractivity contribution in [2.24, 2.45) is 0 Å². The van der Waals surface area contributed by atoms with E-state index in [9.17, 15) is 13.2 Å². The lowest BCUT2D eigenvalue weighted by atomic mass is 9.80. The Kier molecular flexibility index (Phi) is 6.74. The zero-order chi connectivity index (χ0) is 26.5. The highest BCUT2D eigenvalue weighted by molar-refractivity contribution is 7.90. The average molecular weight is 517 g/mol. The molecule has 0 unspecified atom stereocenters. The van der Waals surface area contributed by atoms with E-state index in [1.807, 2.05) is 34.6 Å². The maximum atomic E-state index is 13.2. The van der Waals surface area contributed by atoms with E-state index < -0.39 is 39.9 Å². The van der Waals surface area contributed by atoms with Crippen LogP contribution in [0.15, 0.2) is 35.3 Å². The zero-order valence-corrected chi connectivity index (χ0v) is 22.4.